The highest BCUT2D eigenvalue weighted by Gasteiger charge is 2.46. The lowest BCUT2D eigenvalue weighted by atomic mass is 9.85. The Morgan fingerprint density at radius 3 is 1.70 bits per heavy atom. The Labute approximate surface area is 128 Å². The lowest BCUT2D eigenvalue weighted by molar-refractivity contribution is 0.382. The van der Waals surface area contributed by atoms with E-state index in [0.717, 1.165) is 12.8 Å². The molecule has 100 valence electrons. The standard InChI is InChI=1S/C17H15NS2/c18-13-14-11-17(12-14,19-15-7-3-1-4-8-15)20-16-9-5-2-6-10-16/h1-10,14H,11-12H2. The van der Waals surface area contributed by atoms with Crippen LogP contribution in [0.15, 0.2) is 70.5 Å². The molecule has 3 heteroatoms. The molecule has 3 rings (SSSR count). The van der Waals surface area contributed by atoms with Crippen LogP contribution in [0.1, 0.15) is 12.8 Å². The van der Waals surface area contributed by atoms with Crippen molar-refractivity contribution in [1.29, 1.82) is 5.26 Å². The molecule has 1 aliphatic rings. The zero-order chi connectivity index (χ0) is 13.8. The zero-order valence-corrected chi connectivity index (χ0v) is 12.7. The van der Waals surface area contributed by atoms with E-state index in [2.05, 4.69) is 54.6 Å². The largest absolute Gasteiger partial charge is 0.198 e. The van der Waals surface area contributed by atoms with Gasteiger partial charge in [-0.1, -0.05) is 36.4 Å². The summed E-state index contributed by atoms with van der Waals surface area (Å²) in [6.45, 7) is 0. The van der Waals surface area contributed by atoms with Crippen molar-refractivity contribution in [2.75, 3.05) is 0 Å². The van der Waals surface area contributed by atoms with Crippen molar-refractivity contribution in [3.8, 4) is 6.07 Å². The van der Waals surface area contributed by atoms with E-state index < -0.39 is 0 Å². The van der Waals surface area contributed by atoms with E-state index in [4.69, 9.17) is 5.26 Å². The molecular weight excluding hydrogens is 282 g/mol. The van der Waals surface area contributed by atoms with Crippen LogP contribution in [0.2, 0.25) is 0 Å². The number of thioether (sulfide) groups is 2. The first-order valence-corrected chi connectivity index (χ1v) is 8.31. The van der Waals surface area contributed by atoms with Crippen molar-refractivity contribution in [1.82, 2.24) is 0 Å². The van der Waals surface area contributed by atoms with Gasteiger partial charge in [0.2, 0.25) is 0 Å². The first-order valence-electron chi connectivity index (χ1n) is 6.67. The molecule has 0 bridgehead atoms. The fraction of sp³-hybridized carbons (Fsp3) is 0.235. The van der Waals surface area contributed by atoms with Crippen LogP contribution in [0.5, 0.6) is 0 Å². The minimum Gasteiger partial charge on any atom is -0.198 e. The van der Waals surface area contributed by atoms with Gasteiger partial charge in [-0.2, -0.15) is 5.26 Å². The third kappa shape index (κ3) is 3.03. The van der Waals surface area contributed by atoms with Crippen LogP contribution in [0.25, 0.3) is 0 Å². The molecule has 20 heavy (non-hydrogen) atoms. The van der Waals surface area contributed by atoms with Gasteiger partial charge in [-0.05, 0) is 37.1 Å². The lowest BCUT2D eigenvalue weighted by Gasteiger charge is -2.43. The van der Waals surface area contributed by atoms with Gasteiger partial charge < -0.3 is 0 Å². The molecule has 1 nitrogen and oxygen atoms in total. The Morgan fingerprint density at radius 2 is 1.30 bits per heavy atom. The van der Waals surface area contributed by atoms with Crippen molar-refractivity contribution in [3.05, 3.63) is 60.7 Å². The molecule has 0 unspecified atom stereocenters. The van der Waals surface area contributed by atoms with Gasteiger partial charge in [0.25, 0.3) is 0 Å². The predicted molar refractivity (Wildman–Crippen MR) is 85.7 cm³/mol. The SMILES string of the molecule is N#CC1CC(Sc2ccccc2)(Sc2ccccc2)C1. The van der Waals surface area contributed by atoms with Gasteiger partial charge in [0.05, 0.1) is 16.1 Å². The molecule has 0 spiro atoms. The maximum absolute atomic E-state index is 9.08. The van der Waals surface area contributed by atoms with Gasteiger partial charge in [-0.25, -0.2) is 0 Å². The normalized spacial score (nSPS) is 17.1. The highest BCUT2D eigenvalue weighted by Crippen LogP contribution is 2.59. The van der Waals surface area contributed by atoms with Gasteiger partial charge in [0.15, 0.2) is 0 Å². The quantitative estimate of drug-likeness (QED) is 0.725. The van der Waals surface area contributed by atoms with Crippen LogP contribution in [-0.2, 0) is 0 Å². The molecule has 0 amide bonds. The third-order valence-electron chi connectivity index (χ3n) is 3.39. The molecule has 0 saturated heterocycles. The van der Waals surface area contributed by atoms with Crippen LogP contribution < -0.4 is 0 Å². The van der Waals surface area contributed by atoms with Gasteiger partial charge in [0.1, 0.15) is 0 Å². The minimum atomic E-state index is 0.114. The Balaban J connectivity index is 1.78. The molecule has 2 aromatic carbocycles. The van der Waals surface area contributed by atoms with E-state index >= 15 is 0 Å². The van der Waals surface area contributed by atoms with E-state index in [1.807, 2.05) is 35.7 Å². The molecule has 1 aliphatic carbocycles. The highest BCUT2D eigenvalue weighted by molar-refractivity contribution is 8.18. The molecule has 0 radical (unpaired) electrons. The van der Waals surface area contributed by atoms with Crippen LogP contribution >= 0.6 is 23.5 Å². The average Bonchev–Trinajstić information content (AvgIpc) is 2.46. The Hall–Kier alpha value is -1.37. The summed E-state index contributed by atoms with van der Waals surface area (Å²) >= 11 is 3.81. The Bertz CT molecular complexity index is 554. The fourth-order valence-electron chi connectivity index (χ4n) is 2.38. The van der Waals surface area contributed by atoms with E-state index in [1.54, 1.807) is 0 Å². The molecule has 0 aromatic heterocycles. The predicted octanol–water partition coefficient (Wildman–Crippen LogP) is 5.20. The smallest absolute Gasteiger partial charge is 0.0730 e. The van der Waals surface area contributed by atoms with E-state index in [-0.39, 0.29) is 10.00 Å². The first-order chi connectivity index (χ1) is 9.80. The number of hydrogen-bond acceptors (Lipinski definition) is 3. The monoisotopic (exact) mass is 297 g/mol. The van der Waals surface area contributed by atoms with Crippen molar-refractivity contribution in [2.24, 2.45) is 5.92 Å². The Kier molecular flexibility index (Phi) is 4.05. The van der Waals surface area contributed by atoms with Crippen molar-refractivity contribution in [3.63, 3.8) is 0 Å². The average molecular weight is 297 g/mol. The van der Waals surface area contributed by atoms with Gasteiger partial charge >= 0.3 is 0 Å². The minimum absolute atomic E-state index is 0.114. The van der Waals surface area contributed by atoms with Crippen LogP contribution in [-0.4, -0.2) is 4.08 Å². The summed E-state index contributed by atoms with van der Waals surface area (Å²) in [4.78, 5) is 2.57. The molecule has 0 aliphatic heterocycles. The zero-order valence-electron chi connectivity index (χ0n) is 11.0. The second-order valence-corrected chi connectivity index (χ2v) is 8.15. The van der Waals surface area contributed by atoms with Crippen molar-refractivity contribution < 1.29 is 0 Å². The van der Waals surface area contributed by atoms with Crippen LogP contribution in [0.3, 0.4) is 0 Å². The van der Waals surface area contributed by atoms with Crippen molar-refractivity contribution in [2.45, 2.75) is 26.7 Å². The van der Waals surface area contributed by atoms with Crippen molar-refractivity contribution >= 4 is 23.5 Å². The van der Waals surface area contributed by atoms with Gasteiger partial charge in [0, 0.05) is 9.79 Å². The molecule has 0 heterocycles. The molecule has 1 saturated carbocycles. The molecular formula is C17H15NS2. The van der Waals surface area contributed by atoms with E-state index in [0.29, 0.717) is 0 Å². The summed E-state index contributed by atoms with van der Waals surface area (Å²) in [5, 5.41) is 9.08. The topological polar surface area (TPSA) is 23.8 Å². The van der Waals surface area contributed by atoms with E-state index in [9.17, 15) is 0 Å². The number of nitriles is 1. The molecule has 2 aromatic rings. The fourth-order valence-corrected chi connectivity index (χ4v) is 5.70. The third-order valence-corrected chi connectivity index (χ3v) is 6.32. The summed E-state index contributed by atoms with van der Waals surface area (Å²) in [7, 11) is 0. The van der Waals surface area contributed by atoms with Gasteiger partial charge in [-0.3, -0.25) is 0 Å². The summed E-state index contributed by atoms with van der Waals surface area (Å²) in [6.07, 6.45) is 1.92. The summed E-state index contributed by atoms with van der Waals surface area (Å²) in [5.74, 6) is 0.211. The highest BCUT2D eigenvalue weighted by atomic mass is 32.2. The van der Waals surface area contributed by atoms with Gasteiger partial charge in [-0.15, -0.1) is 23.5 Å². The second-order valence-electron chi connectivity index (χ2n) is 4.98. The molecule has 0 atom stereocenters. The number of nitrogens with zero attached hydrogens (tertiary/aromatic N) is 1. The van der Waals surface area contributed by atoms with Crippen LogP contribution in [0, 0.1) is 17.2 Å². The number of hydrogen-bond donors (Lipinski definition) is 0. The summed E-state index contributed by atoms with van der Waals surface area (Å²) in [6, 6.07) is 23.4. The summed E-state index contributed by atoms with van der Waals surface area (Å²) < 4.78 is 0.114. The second kappa shape index (κ2) is 5.95. The maximum atomic E-state index is 9.08. The maximum Gasteiger partial charge on any atom is 0.0730 e. The Morgan fingerprint density at radius 1 is 0.850 bits per heavy atom. The molecule has 0 N–H and O–H groups in total. The van der Waals surface area contributed by atoms with Crippen LogP contribution in [0.4, 0.5) is 0 Å². The lowest BCUT2D eigenvalue weighted by Crippen LogP contribution is -2.37. The summed E-state index contributed by atoms with van der Waals surface area (Å²) in [5.41, 5.74) is 0. The first kappa shape index (κ1) is 13.6. The number of rotatable bonds is 4. The molecule has 1 fully saturated rings. The number of benzene rings is 2. The van der Waals surface area contributed by atoms with E-state index in [1.165, 1.54) is 9.79 Å².